The van der Waals surface area contributed by atoms with Crippen LogP contribution < -0.4 is 0 Å². The lowest BCUT2D eigenvalue weighted by molar-refractivity contribution is -0.140. The summed E-state index contributed by atoms with van der Waals surface area (Å²) >= 11 is 1.36. The number of alkyl halides is 3. The number of hydrogen-bond acceptors (Lipinski definition) is 3. The highest BCUT2D eigenvalue weighted by Gasteiger charge is 2.41. The summed E-state index contributed by atoms with van der Waals surface area (Å²) in [5.74, 6) is 1.000. The number of carbonyl (C=O) groups is 1. The minimum absolute atomic E-state index is 0.0994. The molecule has 0 heterocycles. The maximum absolute atomic E-state index is 13.4. The fraction of sp³-hybridized carbons (Fsp3) is 0.783. The molecule has 0 bridgehead atoms. The van der Waals surface area contributed by atoms with Gasteiger partial charge in [-0.1, -0.05) is 51.7 Å². The van der Waals surface area contributed by atoms with Crippen molar-refractivity contribution in [3.63, 3.8) is 0 Å². The fourth-order valence-corrected chi connectivity index (χ4v) is 4.98. The standard InChI is InChI=1S/C23H37F3O2S/c1-4-5-11-18(2)12-8-9-13-19-15-16-20(23(24,25)26)22(19)29-17-10-6-7-14-21(27)28-3/h9,13,18-19H,4-8,10-12,14-17H2,1-3H3/b13-9+. The van der Waals surface area contributed by atoms with Gasteiger partial charge in [0.25, 0.3) is 0 Å². The van der Waals surface area contributed by atoms with E-state index in [9.17, 15) is 18.0 Å². The van der Waals surface area contributed by atoms with Gasteiger partial charge in [0.15, 0.2) is 0 Å². The third-order valence-electron chi connectivity index (χ3n) is 5.44. The summed E-state index contributed by atoms with van der Waals surface area (Å²) < 4.78 is 44.8. The molecule has 0 amide bonds. The van der Waals surface area contributed by atoms with Crippen molar-refractivity contribution in [2.75, 3.05) is 12.9 Å². The van der Waals surface area contributed by atoms with E-state index in [0.717, 1.165) is 32.1 Å². The van der Waals surface area contributed by atoms with E-state index in [1.165, 1.54) is 38.1 Å². The van der Waals surface area contributed by atoms with Gasteiger partial charge < -0.3 is 4.74 Å². The molecule has 0 aromatic heterocycles. The molecule has 1 rings (SSSR count). The van der Waals surface area contributed by atoms with E-state index in [0.29, 0.717) is 29.4 Å². The van der Waals surface area contributed by atoms with Crippen LogP contribution in [0.5, 0.6) is 0 Å². The fourth-order valence-electron chi connectivity index (χ4n) is 3.61. The monoisotopic (exact) mass is 434 g/mol. The summed E-state index contributed by atoms with van der Waals surface area (Å²) in [5.41, 5.74) is -0.331. The number of unbranched alkanes of at least 4 members (excludes halogenated alkanes) is 3. The SMILES string of the molecule is CCCCC(C)CC/C=C/C1CCC(C(F)(F)F)=C1SCCCCCC(=O)OC. The predicted molar refractivity (Wildman–Crippen MR) is 116 cm³/mol. The lowest BCUT2D eigenvalue weighted by Crippen LogP contribution is -2.11. The van der Waals surface area contributed by atoms with Crippen LogP contribution in [0.15, 0.2) is 22.6 Å². The Kier molecular flexibility index (Phi) is 12.8. The Morgan fingerprint density at radius 3 is 2.66 bits per heavy atom. The third kappa shape index (κ3) is 10.6. The van der Waals surface area contributed by atoms with Gasteiger partial charge in [0.05, 0.1) is 7.11 Å². The second-order valence-electron chi connectivity index (χ2n) is 7.97. The first-order chi connectivity index (χ1) is 13.8. The molecule has 0 fully saturated rings. The largest absolute Gasteiger partial charge is 0.469 e. The Bertz CT molecular complexity index is 541. The van der Waals surface area contributed by atoms with Crippen molar-refractivity contribution in [1.29, 1.82) is 0 Å². The van der Waals surface area contributed by atoms with Gasteiger partial charge in [-0.2, -0.15) is 13.2 Å². The first-order valence-corrected chi connectivity index (χ1v) is 11.9. The van der Waals surface area contributed by atoms with Gasteiger partial charge >= 0.3 is 12.1 Å². The molecule has 168 valence electrons. The van der Waals surface area contributed by atoms with E-state index in [4.69, 9.17) is 0 Å². The van der Waals surface area contributed by atoms with Crippen LogP contribution >= 0.6 is 11.8 Å². The average molecular weight is 435 g/mol. The van der Waals surface area contributed by atoms with Crippen LogP contribution in [0.3, 0.4) is 0 Å². The Balaban J connectivity index is 2.51. The highest BCUT2D eigenvalue weighted by Crippen LogP contribution is 2.47. The highest BCUT2D eigenvalue weighted by atomic mass is 32.2. The summed E-state index contributed by atoms with van der Waals surface area (Å²) in [7, 11) is 1.36. The van der Waals surface area contributed by atoms with Crippen LogP contribution in [0.2, 0.25) is 0 Å². The molecule has 0 N–H and O–H groups in total. The molecular formula is C23H37F3O2S. The second-order valence-corrected chi connectivity index (χ2v) is 9.11. The third-order valence-corrected chi connectivity index (χ3v) is 6.79. The topological polar surface area (TPSA) is 26.3 Å². The van der Waals surface area contributed by atoms with E-state index in [2.05, 4.69) is 24.7 Å². The van der Waals surface area contributed by atoms with E-state index in [-0.39, 0.29) is 23.9 Å². The van der Waals surface area contributed by atoms with Crippen molar-refractivity contribution in [2.45, 2.75) is 90.7 Å². The van der Waals surface area contributed by atoms with E-state index in [1.807, 2.05) is 6.08 Å². The lowest BCUT2D eigenvalue weighted by atomic mass is 9.98. The van der Waals surface area contributed by atoms with Gasteiger partial charge in [-0.15, -0.1) is 11.8 Å². The van der Waals surface area contributed by atoms with Gasteiger partial charge in [-0.25, -0.2) is 0 Å². The first-order valence-electron chi connectivity index (χ1n) is 11.0. The van der Waals surface area contributed by atoms with Crippen molar-refractivity contribution in [3.05, 3.63) is 22.6 Å². The summed E-state index contributed by atoms with van der Waals surface area (Å²) in [6.07, 6.45) is 8.98. The molecular weight excluding hydrogens is 397 g/mol. The van der Waals surface area contributed by atoms with Gasteiger partial charge in [0.2, 0.25) is 0 Å². The maximum atomic E-state index is 13.4. The van der Waals surface area contributed by atoms with Crippen molar-refractivity contribution >= 4 is 17.7 Å². The lowest BCUT2D eigenvalue weighted by Gasteiger charge is -2.14. The van der Waals surface area contributed by atoms with E-state index < -0.39 is 6.18 Å². The Hall–Kier alpha value is -0.910. The smallest absolute Gasteiger partial charge is 0.413 e. The molecule has 2 nitrogen and oxygen atoms in total. The van der Waals surface area contributed by atoms with Crippen molar-refractivity contribution in [2.24, 2.45) is 11.8 Å². The molecule has 0 aromatic carbocycles. The van der Waals surface area contributed by atoms with Crippen LogP contribution in [0.4, 0.5) is 13.2 Å². The molecule has 0 radical (unpaired) electrons. The Morgan fingerprint density at radius 2 is 2.00 bits per heavy atom. The summed E-state index contributed by atoms with van der Waals surface area (Å²) in [4.78, 5) is 11.6. The molecule has 2 unspecified atom stereocenters. The van der Waals surface area contributed by atoms with Crippen molar-refractivity contribution in [1.82, 2.24) is 0 Å². The van der Waals surface area contributed by atoms with Crippen LogP contribution in [-0.4, -0.2) is 25.0 Å². The molecule has 2 atom stereocenters. The number of methoxy groups -OCH3 is 1. The van der Waals surface area contributed by atoms with Gasteiger partial charge in [-0.05, 0) is 55.1 Å². The minimum atomic E-state index is -4.23. The Morgan fingerprint density at radius 1 is 1.24 bits per heavy atom. The number of carbonyl (C=O) groups excluding carboxylic acids is 1. The molecule has 0 aromatic rings. The molecule has 0 spiro atoms. The van der Waals surface area contributed by atoms with Gasteiger partial charge in [-0.3, -0.25) is 4.79 Å². The molecule has 1 aliphatic carbocycles. The normalized spacial score (nSPS) is 18.6. The number of thioether (sulfide) groups is 1. The molecule has 6 heteroatoms. The first kappa shape index (κ1) is 26.1. The summed E-state index contributed by atoms with van der Waals surface area (Å²) in [6.45, 7) is 4.44. The molecule has 0 saturated carbocycles. The molecule has 29 heavy (non-hydrogen) atoms. The zero-order valence-corrected chi connectivity index (χ0v) is 19.0. The quantitative estimate of drug-likeness (QED) is 0.158. The van der Waals surface area contributed by atoms with Crippen LogP contribution in [0.25, 0.3) is 0 Å². The van der Waals surface area contributed by atoms with E-state index >= 15 is 0 Å². The second kappa shape index (κ2) is 14.2. The zero-order valence-electron chi connectivity index (χ0n) is 18.2. The number of rotatable bonds is 14. The van der Waals surface area contributed by atoms with Crippen LogP contribution in [-0.2, 0) is 9.53 Å². The maximum Gasteiger partial charge on any atom is 0.413 e. The number of esters is 1. The number of allylic oxidation sites excluding steroid dienone is 4. The number of hydrogen-bond donors (Lipinski definition) is 0. The molecule has 0 aliphatic heterocycles. The van der Waals surface area contributed by atoms with Gasteiger partial charge in [0.1, 0.15) is 0 Å². The van der Waals surface area contributed by atoms with Crippen molar-refractivity contribution in [3.8, 4) is 0 Å². The van der Waals surface area contributed by atoms with Crippen LogP contribution in [0.1, 0.15) is 84.5 Å². The van der Waals surface area contributed by atoms with Crippen LogP contribution in [0, 0.1) is 11.8 Å². The predicted octanol–water partition coefficient (Wildman–Crippen LogP) is 7.84. The molecule has 0 saturated heterocycles. The zero-order chi connectivity index (χ0) is 21.7. The highest BCUT2D eigenvalue weighted by molar-refractivity contribution is 8.03. The van der Waals surface area contributed by atoms with Gasteiger partial charge in [0, 0.05) is 17.9 Å². The number of ether oxygens (including phenoxy) is 1. The minimum Gasteiger partial charge on any atom is -0.469 e. The number of halogens is 3. The Labute approximate surface area is 178 Å². The average Bonchev–Trinajstić information content (AvgIpc) is 3.09. The van der Waals surface area contributed by atoms with E-state index in [1.54, 1.807) is 0 Å². The molecule has 1 aliphatic rings. The summed E-state index contributed by atoms with van der Waals surface area (Å²) in [5, 5.41) is 0. The summed E-state index contributed by atoms with van der Waals surface area (Å²) in [6, 6.07) is 0. The van der Waals surface area contributed by atoms with Crippen molar-refractivity contribution < 1.29 is 22.7 Å².